The molecule has 4 rings (SSSR count). The number of aromatic nitrogens is 5. The van der Waals surface area contributed by atoms with Crippen molar-refractivity contribution in [1.82, 2.24) is 30.0 Å². The third-order valence-electron chi connectivity index (χ3n) is 4.61. The van der Waals surface area contributed by atoms with Gasteiger partial charge in [-0.3, -0.25) is 0 Å². The molecule has 0 atom stereocenters. The van der Waals surface area contributed by atoms with E-state index < -0.39 is 5.60 Å². The zero-order valence-electron chi connectivity index (χ0n) is 17.8. The van der Waals surface area contributed by atoms with Crippen LogP contribution in [0.3, 0.4) is 0 Å². The Morgan fingerprint density at radius 3 is 2.52 bits per heavy atom. The molecule has 1 saturated heterocycles. The molecule has 0 unspecified atom stereocenters. The Bertz CT molecular complexity index is 1070. The Kier molecular flexibility index (Phi) is 5.17. The quantitative estimate of drug-likeness (QED) is 0.665. The molecular formula is C20H24N8O3. The fraction of sp³-hybridized carbons (Fsp3) is 0.400. The van der Waals surface area contributed by atoms with E-state index in [1.165, 1.54) is 0 Å². The zero-order chi connectivity index (χ0) is 22.2. The number of hydrogen-bond acceptors (Lipinski definition) is 10. The van der Waals surface area contributed by atoms with Gasteiger partial charge >= 0.3 is 6.09 Å². The molecule has 31 heavy (non-hydrogen) atoms. The van der Waals surface area contributed by atoms with E-state index in [2.05, 4.69) is 25.1 Å². The van der Waals surface area contributed by atoms with Gasteiger partial charge in [-0.15, -0.1) is 0 Å². The van der Waals surface area contributed by atoms with Gasteiger partial charge in [0.05, 0.1) is 5.92 Å². The lowest BCUT2D eigenvalue weighted by Gasteiger charge is -2.37. The van der Waals surface area contributed by atoms with Gasteiger partial charge in [-0.1, -0.05) is 23.4 Å². The number of carbonyl (C=O) groups is 1. The van der Waals surface area contributed by atoms with Crippen LogP contribution in [0.15, 0.2) is 34.9 Å². The monoisotopic (exact) mass is 424 g/mol. The Morgan fingerprint density at radius 1 is 1.13 bits per heavy atom. The topological polar surface area (TPSA) is 136 Å². The van der Waals surface area contributed by atoms with E-state index >= 15 is 0 Å². The zero-order valence-corrected chi connectivity index (χ0v) is 17.8. The molecule has 0 radical (unpaired) electrons. The third kappa shape index (κ3) is 4.55. The van der Waals surface area contributed by atoms with E-state index in [0.717, 1.165) is 5.69 Å². The first-order valence-corrected chi connectivity index (χ1v) is 9.82. The summed E-state index contributed by atoms with van der Waals surface area (Å²) >= 11 is 0. The Morgan fingerprint density at radius 2 is 1.84 bits per heavy atom. The molecule has 1 aliphatic heterocycles. The summed E-state index contributed by atoms with van der Waals surface area (Å²) in [7, 11) is 1.83. The summed E-state index contributed by atoms with van der Waals surface area (Å²) in [6, 6.07) is 9.62. The number of carbonyl (C=O) groups excluding carboxylic acids is 1. The van der Waals surface area contributed by atoms with Crippen LogP contribution in [0.5, 0.6) is 0 Å². The molecule has 3 aromatic rings. The number of likely N-dealkylation sites (tertiary alicyclic amines) is 1. The van der Waals surface area contributed by atoms with Crippen LogP contribution in [0, 0.1) is 0 Å². The first kappa shape index (κ1) is 20.5. The van der Waals surface area contributed by atoms with Crippen LogP contribution in [0.25, 0.3) is 11.6 Å². The van der Waals surface area contributed by atoms with Gasteiger partial charge in [-0.2, -0.15) is 19.9 Å². The molecule has 0 bridgehead atoms. The number of nitrogens with zero attached hydrogens (tertiary/aromatic N) is 7. The number of amides is 1. The predicted octanol–water partition coefficient (Wildman–Crippen LogP) is 2.61. The molecule has 11 nitrogen and oxygen atoms in total. The number of nitrogen functional groups attached to an aromatic ring is 1. The van der Waals surface area contributed by atoms with Gasteiger partial charge in [0.15, 0.2) is 0 Å². The minimum Gasteiger partial charge on any atom is -0.444 e. The van der Waals surface area contributed by atoms with Crippen molar-refractivity contribution in [2.75, 3.05) is 30.8 Å². The normalized spacial score (nSPS) is 14.3. The van der Waals surface area contributed by atoms with Crippen molar-refractivity contribution in [1.29, 1.82) is 0 Å². The molecule has 162 valence electrons. The number of ether oxygens (including phenoxy) is 1. The lowest BCUT2D eigenvalue weighted by molar-refractivity contribution is 0.00558. The van der Waals surface area contributed by atoms with Crippen molar-refractivity contribution in [3.8, 4) is 11.6 Å². The number of rotatable bonds is 4. The van der Waals surface area contributed by atoms with Crippen LogP contribution in [0.1, 0.15) is 32.6 Å². The maximum absolute atomic E-state index is 12.1. The van der Waals surface area contributed by atoms with Crippen molar-refractivity contribution in [2.45, 2.75) is 32.3 Å². The van der Waals surface area contributed by atoms with E-state index in [9.17, 15) is 4.79 Å². The van der Waals surface area contributed by atoms with Crippen molar-refractivity contribution in [2.24, 2.45) is 0 Å². The standard InChI is InChI=1S/C20H24N8O3/c1-20(2,3)30-19(29)28-10-12(11-28)16-22-15(26-31-16)14-23-17(21)25-18(24-14)27(4)13-8-6-5-7-9-13/h5-9,12H,10-11H2,1-4H3,(H2,21,23,24,25). The smallest absolute Gasteiger partial charge is 0.410 e. The fourth-order valence-electron chi connectivity index (χ4n) is 3.00. The number of hydrogen-bond donors (Lipinski definition) is 1. The van der Waals surface area contributed by atoms with Crippen LogP contribution in [-0.4, -0.2) is 61.8 Å². The highest BCUT2D eigenvalue weighted by Crippen LogP contribution is 2.29. The van der Waals surface area contributed by atoms with Gasteiger partial charge in [0.2, 0.25) is 29.4 Å². The van der Waals surface area contributed by atoms with Crippen LogP contribution in [0.2, 0.25) is 0 Å². The van der Waals surface area contributed by atoms with E-state index in [1.807, 2.05) is 58.2 Å². The van der Waals surface area contributed by atoms with Crippen LogP contribution in [0.4, 0.5) is 22.4 Å². The summed E-state index contributed by atoms with van der Waals surface area (Å²) in [5.41, 5.74) is 6.24. The number of para-hydroxylation sites is 1. The summed E-state index contributed by atoms with van der Waals surface area (Å²) < 4.78 is 10.7. The molecule has 11 heteroatoms. The average Bonchev–Trinajstić information content (AvgIpc) is 3.15. The van der Waals surface area contributed by atoms with Gasteiger partial charge in [-0.25, -0.2) is 4.79 Å². The van der Waals surface area contributed by atoms with E-state index in [-0.39, 0.29) is 29.6 Å². The molecule has 0 aliphatic carbocycles. The summed E-state index contributed by atoms with van der Waals surface area (Å²) in [5.74, 6) is 1.17. The lowest BCUT2D eigenvalue weighted by Crippen LogP contribution is -2.50. The Labute approximate surface area is 179 Å². The van der Waals surface area contributed by atoms with Gasteiger partial charge < -0.3 is 24.8 Å². The van der Waals surface area contributed by atoms with Crippen LogP contribution < -0.4 is 10.6 Å². The molecule has 1 aliphatic rings. The average molecular weight is 424 g/mol. The third-order valence-corrected chi connectivity index (χ3v) is 4.61. The molecule has 0 saturated carbocycles. The van der Waals surface area contributed by atoms with Gasteiger partial charge in [-0.05, 0) is 32.9 Å². The summed E-state index contributed by atoms with van der Waals surface area (Å²) in [5, 5.41) is 3.99. The number of nitrogens with two attached hydrogens (primary N) is 1. The largest absolute Gasteiger partial charge is 0.444 e. The number of benzene rings is 1. The van der Waals surface area contributed by atoms with E-state index in [4.69, 9.17) is 15.0 Å². The maximum Gasteiger partial charge on any atom is 0.410 e. The van der Waals surface area contributed by atoms with Crippen molar-refractivity contribution in [3.05, 3.63) is 36.2 Å². The molecule has 0 spiro atoms. The first-order valence-electron chi connectivity index (χ1n) is 9.82. The maximum atomic E-state index is 12.1. The molecule has 1 fully saturated rings. The van der Waals surface area contributed by atoms with Gasteiger partial charge in [0.25, 0.3) is 0 Å². The highest BCUT2D eigenvalue weighted by Gasteiger charge is 2.38. The lowest BCUT2D eigenvalue weighted by atomic mass is 10.0. The highest BCUT2D eigenvalue weighted by molar-refractivity contribution is 5.69. The van der Waals surface area contributed by atoms with Crippen molar-refractivity contribution < 1.29 is 14.1 Å². The molecule has 1 aromatic carbocycles. The molecule has 2 N–H and O–H groups in total. The highest BCUT2D eigenvalue weighted by atomic mass is 16.6. The number of anilines is 3. The molecular weight excluding hydrogens is 400 g/mol. The minimum absolute atomic E-state index is 0.0499. The van der Waals surface area contributed by atoms with Gasteiger partial charge in [0.1, 0.15) is 5.60 Å². The second-order valence-corrected chi connectivity index (χ2v) is 8.25. The molecule has 3 heterocycles. The predicted molar refractivity (Wildman–Crippen MR) is 113 cm³/mol. The minimum atomic E-state index is -0.539. The van der Waals surface area contributed by atoms with Crippen molar-refractivity contribution >= 4 is 23.7 Å². The summed E-state index contributed by atoms with van der Waals surface area (Å²) in [4.78, 5) is 32.6. The second-order valence-electron chi connectivity index (χ2n) is 8.25. The van der Waals surface area contributed by atoms with E-state index in [0.29, 0.717) is 24.9 Å². The molecule has 1 amide bonds. The van der Waals surface area contributed by atoms with E-state index in [1.54, 1.807) is 9.80 Å². The van der Waals surface area contributed by atoms with Crippen LogP contribution in [-0.2, 0) is 4.74 Å². The van der Waals surface area contributed by atoms with Gasteiger partial charge in [0, 0.05) is 25.8 Å². The Balaban J connectivity index is 1.47. The second kappa shape index (κ2) is 7.82. The van der Waals surface area contributed by atoms with Crippen LogP contribution >= 0.6 is 0 Å². The van der Waals surface area contributed by atoms with Crippen molar-refractivity contribution in [3.63, 3.8) is 0 Å². The fourth-order valence-corrected chi connectivity index (χ4v) is 3.00. The first-order chi connectivity index (χ1) is 14.7. The molecule has 2 aromatic heterocycles. The summed E-state index contributed by atoms with van der Waals surface area (Å²) in [6.45, 7) is 6.37. The Hall–Kier alpha value is -3.76. The summed E-state index contributed by atoms with van der Waals surface area (Å²) in [6.07, 6.45) is -0.359. The SMILES string of the molecule is CN(c1ccccc1)c1nc(N)nc(-c2noc(C3CN(C(=O)OC(C)(C)C)C3)n2)n1.